The van der Waals surface area contributed by atoms with Crippen molar-refractivity contribution in [2.45, 2.75) is 39.4 Å². The van der Waals surface area contributed by atoms with Crippen molar-refractivity contribution in [1.29, 1.82) is 0 Å². The minimum Gasteiger partial charge on any atom is -0.370 e. The Morgan fingerprint density at radius 3 is 2.55 bits per heavy atom. The zero-order chi connectivity index (χ0) is 20.6. The Hall–Kier alpha value is -2.83. The molecule has 2 N–H and O–H groups in total. The molecule has 0 radical (unpaired) electrons. The number of ether oxygens (including phenoxy) is 1. The molecule has 0 unspecified atom stereocenters. The second kappa shape index (κ2) is 7.54. The highest BCUT2D eigenvalue weighted by Gasteiger charge is 2.25. The number of benzene rings is 2. The molecule has 4 rings (SSSR count). The van der Waals surface area contributed by atoms with E-state index in [1.807, 2.05) is 36.4 Å². The van der Waals surface area contributed by atoms with Gasteiger partial charge in [-0.3, -0.25) is 5.32 Å². The monoisotopic (exact) mass is 410 g/mol. The maximum absolute atomic E-state index is 12.7. The molecule has 1 aliphatic heterocycles. The first kappa shape index (κ1) is 19.5. The van der Waals surface area contributed by atoms with Crippen LogP contribution in [0.15, 0.2) is 48.5 Å². The van der Waals surface area contributed by atoms with Gasteiger partial charge in [0.15, 0.2) is 0 Å². The molecule has 0 saturated carbocycles. The number of aromatic nitrogens is 2. The predicted octanol–water partition coefficient (Wildman–Crippen LogP) is 5.50. The van der Waals surface area contributed by atoms with Crippen molar-refractivity contribution in [3.63, 3.8) is 0 Å². The minimum absolute atomic E-state index is 0.0603. The molecule has 0 aliphatic carbocycles. The summed E-state index contributed by atoms with van der Waals surface area (Å²) in [5, 5.41) is 11.0. The van der Waals surface area contributed by atoms with Gasteiger partial charge in [-0.15, -0.1) is 0 Å². The van der Waals surface area contributed by atoms with Gasteiger partial charge in [-0.2, -0.15) is 5.10 Å². The normalized spacial score (nSPS) is 13.2. The zero-order valence-corrected chi connectivity index (χ0v) is 17.4. The summed E-state index contributed by atoms with van der Waals surface area (Å²) in [7, 11) is 0. The van der Waals surface area contributed by atoms with Gasteiger partial charge in [0.1, 0.15) is 5.82 Å². The van der Waals surface area contributed by atoms with Gasteiger partial charge in [0.2, 0.25) is 0 Å². The lowest BCUT2D eigenvalue weighted by molar-refractivity contribution is 0.131. The number of nitrogens with zero attached hydrogens (tertiary/aromatic N) is 2. The average Bonchev–Trinajstić information content (AvgIpc) is 3.24. The summed E-state index contributed by atoms with van der Waals surface area (Å²) >= 11 is 6.13. The Morgan fingerprint density at radius 1 is 1.10 bits per heavy atom. The molecule has 2 amide bonds. The van der Waals surface area contributed by atoms with Crippen LogP contribution in [0.2, 0.25) is 5.02 Å². The fourth-order valence-corrected chi connectivity index (χ4v) is 3.44. The zero-order valence-electron chi connectivity index (χ0n) is 16.6. The molecular weight excluding hydrogens is 388 g/mol. The molecule has 0 saturated heterocycles. The molecule has 7 heteroatoms. The van der Waals surface area contributed by atoms with Gasteiger partial charge in [0.05, 0.1) is 24.6 Å². The summed E-state index contributed by atoms with van der Waals surface area (Å²) in [6.45, 7) is 7.30. The third-order valence-electron chi connectivity index (χ3n) is 4.85. The third-order valence-corrected chi connectivity index (χ3v) is 5.08. The number of urea groups is 1. The summed E-state index contributed by atoms with van der Waals surface area (Å²) in [6.07, 6.45) is 0. The van der Waals surface area contributed by atoms with Crippen LogP contribution in [0.3, 0.4) is 0 Å². The van der Waals surface area contributed by atoms with E-state index in [0.717, 1.165) is 22.6 Å². The van der Waals surface area contributed by atoms with Crippen molar-refractivity contribution in [3.8, 4) is 5.69 Å². The quantitative estimate of drug-likeness (QED) is 0.599. The standard InChI is InChI=1S/C22H23ClN4O2/c1-22(2,3)14-7-9-16(10-8-14)24-21(28)25-20-18-12-29-13-19(18)26-27(20)17-6-4-5-15(23)11-17/h4-11H,12-13H2,1-3H3,(H2,24,25,28). The lowest BCUT2D eigenvalue weighted by atomic mass is 9.87. The van der Waals surface area contributed by atoms with Crippen molar-refractivity contribution in [1.82, 2.24) is 9.78 Å². The molecule has 1 aromatic heterocycles. The smallest absolute Gasteiger partial charge is 0.324 e. The second-order valence-electron chi connectivity index (χ2n) is 8.06. The number of halogens is 1. The predicted molar refractivity (Wildman–Crippen MR) is 115 cm³/mol. The van der Waals surface area contributed by atoms with Crippen molar-refractivity contribution in [2.24, 2.45) is 0 Å². The van der Waals surface area contributed by atoms with Crippen LogP contribution in [0.4, 0.5) is 16.3 Å². The van der Waals surface area contributed by atoms with E-state index in [2.05, 4.69) is 36.5 Å². The highest BCUT2D eigenvalue weighted by Crippen LogP contribution is 2.30. The minimum atomic E-state index is -0.341. The van der Waals surface area contributed by atoms with Crippen LogP contribution in [-0.4, -0.2) is 15.8 Å². The molecule has 0 spiro atoms. The van der Waals surface area contributed by atoms with Crippen LogP contribution in [0, 0.1) is 0 Å². The van der Waals surface area contributed by atoms with Crippen LogP contribution >= 0.6 is 11.6 Å². The second-order valence-corrected chi connectivity index (χ2v) is 8.50. The summed E-state index contributed by atoms with van der Waals surface area (Å²) < 4.78 is 7.18. The van der Waals surface area contributed by atoms with Crippen molar-refractivity contribution >= 4 is 29.1 Å². The number of fused-ring (bicyclic) bond motifs is 1. The fraction of sp³-hybridized carbons (Fsp3) is 0.273. The van der Waals surface area contributed by atoms with Crippen molar-refractivity contribution < 1.29 is 9.53 Å². The first-order valence-corrected chi connectivity index (χ1v) is 9.82. The molecule has 1 aliphatic rings. The summed E-state index contributed by atoms with van der Waals surface area (Å²) in [4.78, 5) is 12.7. The van der Waals surface area contributed by atoms with Crippen molar-refractivity contribution in [2.75, 3.05) is 10.6 Å². The molecule has 0 bridgehead atoms. The van der Waals surface area contributed by atoms with Crippen LogP contribution < -0.4 is 10.6 Å². The lowest BCUT2D eigenvalue weighted by Gasteiger charge is -2.19. The van der Waals surface area contributed by atoms with Gasteiger partial charge in [0, 0.05) is 16.3 Å². The molecule has 150 valence electrons. The summed E-state index contributed by atoms with van der Waals surface area (Å²) in [6, 6.07) is 14.9. The topological polar surface area (TPSA) is 68.2 Å². The molecule has 2 aromatic carbocycles. The third kappa shape index (κ3) is 4.13. The van der Waals surface area contributed by atoms with E-state index in [1.165, 1.54) is 5.56 Å². The van der Waals surface area contributed by atoms with E-state index in [0.29, 0.717) is 24.1 Å². The SMILES string of the molecule is CC(C)(C)c1ccc(NC(=O)Nc2c3c(nn2-c2cccc(Cl)c2)COC3)cc1. The molecule has 2 heterocycles. The Morgan fingerprint density at radius 2 is 1.86 bits per heavy atom. The van der Waals surface area contributed by atoms with E-state index in [9.17, 15) is 4.79 Å². The van der Waals surface area contributed by atoms with Crippen molar-refractivity contribution in [3.05, 3.63) is 70.4 Å². The molecule has 0 fully saturated rings. The van der Waals surface area contributed by atoms with Gasteiger partial charge in [-0.05, 0) is 41.3 Å². The van der Waals surface area contributed by atoms with Crippen LogP contribution in [0.1, 0.15) is 37.6 Å². The first-order valence-electron chi connectivity index (χ1n) is 9.44. The van der Waals surface area contributed by atoms with Gasteiger partial charge >= 0.3 is 6.03 Å². The number of carbonyl (C=O) groups is 1. The van der Waals surface area contributed by atoms with Crippen LogP contribution in [0.5, 0.6) is 0 Å². The van der Waals surface area contributed by atoms with Gasteiger partial charge in [-0.25, -0.2) is 9.48 Å². The number of rotatable bonds is 3. The van der Waals surface area contributed by atoms with E-state index >= 15 is 0 Å². The largest absolute Gasteiger partial charge is 0.370 e. The Labute approximate surface area is 174 Å². The van der Waals surface area contributed by atoms with Crippen LogP contribution in [0.25, 0.3) is 5.69 Å². The number of hydrogen-bond acceptors (Lipinski definition) is 3. The fourth-order valence-electron chi connectivity index (χ4n) is 3.26. The number of carbonyl (C=O) groups excluding carboxylic acids is 1. The number of anilines is 2. The van der Waals surface area contributed by atoms with Crippen LogP contribution in [-0.2, 0) is 23.4 Å². The highest BCUT2D eigenvalue weighted by molar-refractivity contribution is 6.30. The average molecular weight is 411 g/mol. The summed E-state index contributed by atoms with van der Waals surface area (Å²) in [5.41, 5.74) is 4.45. The molecule has 0 atom stereocenters. The van der Waals surface area contributed by atoms with E-state index in [1.54, 1.807) is 16.8 Å². The lowest BCUT2D eigenvalue weighted by Crippen LogP contribution is -2.22. The Kier molecular flexibility index (Phi) is 5.06. The van der Waals surface area contributed by atoms with E-state index in [-0.39, 0.29) is 11.4 Å². The van der Waals surface area contributed by atoms with E-state index < -0.39 is 0 Å². The molecule has 3 aromatic rings. The maximum atomic E-state index is 12.7. The van der Waals surface area contributed by atoms with Gasteiger partial charge < -0.3 is 10.1 Å². The van der Waals surface area contributed by atoms with Gasteiger partial charge in [0.25, 0.3) is 0 Å². The number of amides is 2. The Bertz CT molecular complexity index is 1050. The summed E-state index contributed by atoms with van der Waals surface area (Å²) in [5.74, 6) is 0.587. The van der Waals surface area contributed by atoms with E-state index in [4.69, 9.17) is 16.3 Å². The first-order chi connectivity index (χ1) is 13.8. The number of nitrogens with one attached hydrogen (secondary N) is 2. The Balaban J connectivity index is 1.57. The van der Waals surface area contributed by atoms with Gasteiger partial charge in [-0.1, -0.05) is 50.6 Å². The molecule has 29 heavy (non-hydrogen) atoms. The molecule has 6 nitrogen and oxygen atoms in total. The maximum Gasteiger partial charge on any atom is 0.324 e. The number of hydrogen-bond donors (Lipinski definition) is 2. The molecular formula is C22H23ClN4O2. The highest BCUT2D eigenvalue weighted by atomic mass is 35.5.